The number of para-hydroxylation sites is 1. The number of non-ortho nitro benzene ring substituents is 1. The number of nitro benzene ring substituents is 1. The van der Waals surface area contributed by atoms with Gasteiger partial charge in [-0.3, -0.25) is 10.1 Å². The normalized spacial score (nSPS) is 18.8. The lowest BCUT2D eigenvalue weighted by molar-refractivity contribution is -0.384. The Morgan fingerprint density at radius 2 is 1.18 bits per heavy atom. The van der Waals surface area contributed by atoms with E-state index in [9.17, 15) is 10.1 Å². The van der Waals surface area contributed by atoms with Crippen molar-refractivity contribution in [1.82, 2.24) is 4.90 Å². The first-order chi connectivity index (χ1) is 19.2. The van der Waals surface area contributed by atoms with Crippen molar-refractivity contribution < 1.29 is 4.92 Å². The van der Waals surface area contributed by atoms with Gasteiger partial charge in [-0.05, 0) is 28.3 Å². The minimum atomic E-state index is -0.584. The summed E-state index contributed by atoms with van der Waals surface area (Å²) in [6, 6.07) is 46.7. The molecule has 5 heteroatoms. The predicted molar refractivity (Wildman–Crippen MR) is 153 cm³/mol. The number of amidine groups is 1. The molecule has 5 aromatic rings. The van der Waals surface area contributed by atoms with Crippen LogP contribution in [0.4, 0.5) is 11.4 Å². The molecule has 5 aromatic carbocycles. The van der Waals surface area contributed by atoms with Crippen molar-refractivity contribution >= 4 is 17.2 Å². The summed E-state index contributed by atoms with van der Waals surface area (Å²) in [5.74, 6) is 0.982. The molecule has 7 rings (SSSR count). The minimum absolute atomic E-state index is 0.0596. The van der Waals surface area contributed by atoms with E-state index in [-0.39, 0.29) is 22.7 Å². The standard InChI is InChI=1S/C34H25N3O2/c38-37(39)28-22-20-25(21-23-28)32-34(26-14-6-2-7-15-26,27-16-8-3-9-17-27)33-35-30-19-11-10-18-29(30)31(36(32)33)24-12-4-1-5-13-24/h1-23,31-32H/t31-,32-/m0/s1. The molecule has 188 valence electrons. The van der Waals surface area contributed by atoms with Crippen LogP contribution in [0.25, 0.3) is 0 Å². The number of aliphatic imine (C=N–C) groups is 1. The summed E-state index contributed by atoms with van der Waals surface area (Å²) in [4.78, 5) is 18.9. The van der Waals surface area contributed by atoms with E-state index in [1.165, 1.54) is 5.56 Å². The lowest BCUT2D eigenvalue weighted by atomic mass is 9.58. The fourth-order valence-corrected chi connectivity index (χ4v) is 6.40. The van der Waals surface area contributed by atoms with Crippen molar-refractivity contribution in [2.75, 3.05) is 0 Å². The Labute approximate surface area is 226 Å². The summed E-state index contributed by atoms with van der Waals surface area (Å²) in [5.41, 5.74) is 6.08. The van der Waals surface area contributed by atoms with Crippen molar-refractivity contribution in [3.8, 4) is 0 Å². The number of rotatable bonds is 5. The summed E-state index contributed by atoms with van der Waals surface area (Å²) in [5, 5.41) is 11.5. The Morgan fingerprint density at radius 1 is 0.641 bits per heavy atom. The van der Waals surface area contributed by atoms with Crippen molar-refractivity contribution in [2.24, 2.45) is 4.99 Å². The second-order valence-electron chi connectivity index (χ2n) is 10.0. The van der Waals surface area contributed by atoms with Crippen molar-refractivity contribution in [3.63, 3.8) is 0 Å². The van der Waals surface area contributed by atoms with Crippen LogP contribution in [0.3, 0.4) is 0 Å². The molecular formula is C34H25N3O2. The third kappa shape index (κ3) is 3.43. The SMILES string of the molecule is O=[N+]([O-])c1ccc([C@@H]2N3C(=Nc4ccccc4[C@@H]3c3ccccc3)C2(c2ccccc2)c2ccccc2)cc1. The highest BCUT2D eigenvalue weighted by molar-refractivity contribution is 6.07. The summed E-state index contributed by atoms with van der Waals surface area (Å²) in [7, 11) is 0. The van der Waals surface area contributed by atoms with Crippen LogP contribution in [-0.4, -0.2) is 15.7 Å². The monoisotopic (exact) mass is 507 g/mol. The van der Waals surface area contributed by atoms with E-state index >= 15 is 0 Å². The molecule has 0 saturated carbocycles. The van der Waals surface area contributed by atoms with Crippen molar-refractivity contribution in [2.45, 2.75) is 17.5 Å². The third-order valence-corrected chi connectivity index (χ3v) is 8.01. The maximum Gasteiger partial charge on any atom is 0.269 e. The van der Waals surface area contributed by atoms with Gasteiger partial charge >= 0.3 is 0 Å². The lowest BCUT2D eigenvalue weighted by Gasteiger charge is -2.63. The first-order valence-electron chi connectivity index (χ1n) is 13.1. The molecule has 2 aliphatic heterocycles. The third-order valence-electron chi connectivity index (χ3n) is 8.01. The maximum absolute atomic E-state index is 11.5. The number of hydrogen-bond acceptors (Lipinski definition) is 4. The van der Waals surface area contributed by atoms with Crippen LogP contribution in [-0.2, 0) is 5.41 Å². The number of fused-ring (bicyclic) bond motifs is 2. The Bertz CT molecular complexity index is 1640. The van der Waals surface area contributed by atoms with Crippen LogP contribution >= 0.6 is 0 Å². The van der Waals surface area contributed by atoms with Crippen molar-refractivity contribution in [1.29, 1.82) is 0 Å². The highest BCUT2D eigenvalue weighted by Crippen LogP contribution is 2.62. The molecule has 39 heavy (non-hydrogen) atoms. The smallest absolute Gasteiger partial charge is 0.269 e. The van der Waals surface area contributed by atoms with E-state index < -0.39 is 5.41 Å². The summed E-state index contributed by atoms with van der Waals surface area (Å²) in [6.45, 7) is 0. The van der Waals surface area contributed by atoms with E-state index in [2.05, 4.69) is 95.9 Å². The molecule has 0 N–H and O–H groups in total. The molecule has 0 spiro atoms. The molecular weight excluding hydrogens is 482 g/mol. The average molecular weight is 508 g/mol. The molecule has 0 unspecified atom stereocenters. The Morgan fingerprint density at radius 3 is 1.77 bits per heavy atom. The van der Waals surface area contributed by atoms with E-state index in [1.807, 2.05) is 36.4 Å². The van der Waals surface area contributed by atoms with Gasteiger partial charge in [-0.15, -0.1) is 0 Å². The van der Waals surface area contributed by atoms with Crippen LogP contribution < -0.4 is 0 Å². The van der Waals surface area contributed by atoms with Gasteiger partial charge < -0.3 is 4.90 Å². The van der Waals surface area contributed by atoms with Gasteiger partial charge in [-0.25, -0.2) is 4.99 Å². The molecule has 0 radical (unpaired) electrons. The molecule has 5 nitrogen and oxygen atoms in total. The molecule has 1 fully saturated rings. The summed E-state index contributed by atoms with van der Waals surface area (Å²) < 4.78 is 0. The molecule has 2 heterocycles. The fourth-order valence-electron chi connectivity index (χ4n) is 6.40. The molecule has 1 saturated heterocycles. The number of nitrogens with zero attached hydrogens (tertiary/aromatic N) is 3. The topological polar surface area (TPSA) is 58.7 Å². The average Bonchev–Trinajstić information content (AvgIpc) is 2.99. The highest BCUT2D eigenvalue weighted by atomic mass is 16.6. The van der Waals surface area contributed by atoms with Crippen LogP contribution in [0.1, 0.15) is 39.9 Å². The van der Waals surface area contributed by atoms with Crippen LogP contribution in [0.2, 0.25) is 0 Å². The van der Waals surface area contributed by atoms with Gasteiger partial charge in [0.15, 0.2) is 0 Å². The number of benzene rings is 5. The zero-order valence-corrected chi connectivity index (χ0v) is 21.1. The fraction of sp³-hybridized carbons (Fsp3) is 0.0882. The van der Waals surface area contributed by atoms with Crippen LogP contribution in [0, 0.1) is 10.1 Å². The van der Waals surface area contributed by atoms with Gasteiger partial charge in [0.1, 0.15) is 11.3 Å². The number of nitro groups is 1. The quantitative estimate of drug-likeness (QED) is 0.180. The lowest BCUT2D eigenvalue weighted by Crippen LogP contribution is -2.68. The molecule has 2 atom stereocenters. The maximum atomic E-state index is 11.5. The zero-order valence-electron chi connectivity index (χ0n) is 21.1. The Kier molecular flexibility index (Phi) is 5.37. The van der Waals surface area contributed by atoms with Gasteiger partial charge in [-0.2, -0.15) is 0 Å². The molecule has 2 aliphatic rings. The van der Waals surface area contributed by atoms with Gasteiger partial charge in [0, 0.05) is 17.7 Å². The van der Waals surface area contributed by atoms with Crippen LogP contribution in [0.15, 0.2) is 145 Å². The summed E-state index contributed by atoms with van der Waals surface area (Å²) >= 11 is 0. The van der Waals surface area contributed by atoms with Crippen LogP contribution in [0.5, 0.6) is 0 Å². The van der Waals surface area contributed by atoms with Gasteiger partial charge in [0.05, 0.1) is 22.7 Å². The first kappa shape index (κ1) is 23.1. The second-order valence-corrected chi connectivity index (χ2v) is 10.0. The van der Waals surface area contributed by atoms with E-state index in [4.69, 9.17) is 4.99 Å². The van der Waals surface area contributed by atoms with E-state index in [1.54, 1.807) is 12.1 Å². The second kappa shape index (κ2) is 9.07. The van der Waals surface area contributed by atoms with Gasteiger partial charge in [0.25, 0.3) is 5.69 Å². The minimum Gasteiger partial charge on any atom is -0.339 e. The van der Waals surface area contributed by atoms with E-state index in [0.29, 0.717) is 0 Å². The van der Waals surface area contributed by atoms with Gasteiger partial charge in [0.2, 0.25) is 0 Å². The first-order valence-corrected chi connectivity index (χ1v) is 13.1. The predicted octanol–water partition coefficient (Wildman–Crippen LogP) is 7.77. The Hall–Kier alpha value is -5.03. The molecule has 0 bridgehead atoms. The zero-order chi connectivity index (χ0) is 26.4. The highest BCUT2D eigenvalue weighted by Gasteiger charge is 2.64. The molecule has 0 aliphatic carbocycles. The largest absolute Gasteiger partial charge is 0.339 e. The molecule has 0 amide bonds. The summed E-state index contributed by atoms with van der Waals surface area (Å²) in [6.07, 6.45) is 0. The van der Waals surface area contributed by atoms with Gasteiger partial charge in [-0.1, -0.05) is 121 Å². The molecule has 0 aromatic heterocycles. The van der Waals surface area contributed by atoms with E-state index in [0.717, 1.165) is 33.8 Å². The van der Waals surface area contributed by atoms with Crippen molar-refractivity contribution in [3.05, 3.63) is 177 Å². The Balaban J connectivity index is 1.55. The number of hydrogen-bond donors (Lipinski definition) is 0.